The van der Waals surface area contributed by atoms with E-state index in [1.54, 1.807) is 0 Å². The summed E-state index contributed by atoms with van der Waals surface area (Å²) in [4.78, 5) is 16.9. The average Bonchev–Trinajstić information content (AvgIpc) is 2.62. The monoisotopic (exact) mass is 329 g/mol. The predicted molar refractivity (Wildman–Crippen MR) is 99.4 cm³/mol. The van der Waals surface area contributed by atoms with Crippen molar-refractivity contribution in [2.24, 2.45) is 5.92 Å². The number of aryl methyl sites for hydroxylation is 1. The molecule has 1 amide bonds. The molecule has 1 aliphatic heterocycles. The van der Waals surface area contributed by atoms with Crippen molar-refractivity contribution in [2.45, 2.75) is 39.0 Å². The Bertz CT molecular complexity index is 531. The topological polar surface area (TPSA) is 35.6 Å². The van der Waals surface area contributed by atoms with Crippen LogP contribution in [0.4, 0.5) is 5.69 Å². The molecule has 1 saturated heterocycles. The van der Waals surface area contributed by atoms with Crippen LogP contribution in [0.3, 0.4) is 0 Å². The van der Waals surface area contributed by atoms with E-state index in [-0.39, 0.29) is 5.91 Å². The fourth-order valence-electron chi connectivity index (χ4n) is 3.97. The second-order valence-electron chi connectivity index (χ2n) is 7.36. The van der Waals surface area contributed by atoms with Crippen molar-refractivity contribution in [3.63, 3.8) is 0 Å². The van der Waals surface area contributed by atoms with Gasteiger partial charge in [0.1, 0.15) is 0 Å². The van der Waals surface area contributed by atoms with Gasteiger partial charge in [0.2, 0.25) is 5.91 Å². The van der Waals surface area contributed by atoms with Gasteiger partial charge >= 0.3 is 0 Å². The first-order valence-corrected chi connectivity index (χ1v) is 9.52. The highest BCUT2D eigenvalue weighted by molar-refractivity contribution is 5.78. The molecule has 4 heteroatoms. The van der Waals surface area contributed by atoms with Crippen LogP contribution in [0.15, 0.2) is 24.3 Å². The third kappa shape index (κ3) is 4.73. The highest BCUT2D eigenvalue weighted by atomic mass is 16.2. The van der Waals surface area contributed by atoms with Gasteiger partial charge in [-0.25, -0.2) is 0 Å². The Labute approximate surface area is 146 Å². The van der Waals surface area contributed by atoms with E-state index in [1.807, 2.05) is 0 Å². The zero-order chi connectivity index (χ0) is 16.8. The molecule has 1 aromatic carbocycles. The van der Waals surface area contributed by atoms with Crippen LogP contribution in [0.1, 0.15) is 37.7 Å². The molecule has 0 bridgehead atoms. The molecule has 132 valence electrons. The lowest BCUT2D eigenvalue weighted by atomic mass is 9.89. The number of rotatable bonds is 5. The van der Waals surface area contributed by atoms with Crippen LogP contribution in [-0.4, -0.2) is 50.1 Å². The molecular weight excluding hydrogens is 298 g/mol. The lowest BCUT2D eigenvalue weighted by Crippen LogP contribution is -2.50. The molecule has 3 rings (SSSR count). The van der Waals surface area contributed by atoms with E-state index in [0.29, 0.717) is 12.5 Å². The van der Waals surface area contributed by atoms with Crippen molar-refractivity contribution in [2.75, 3.05) is 44.2 Å². The Morgan fingerprint density at radius 3 is 2.50 bits per heavy atom. The lowest BCUT2D eigenvalue weighted by Gasteiger charge is -2.36. The maximum atomic E-state index is 12.2. The van der Waals surface area contributed by atoms with Gasteiger partial charge in [-0.1, -0.05) is 37.5 Å². The van der Waals surface area contributed by atoms with Gasteiger partial charge < -0.3 is 10.2 Å². The number of carbonyl (C=O) groups excluding carboxylic acids is 1. The van der Waals surface area contributed by atoms with E-state index in [4.69, 9.17) is 0 Å². The smallest absolute Gasteiger partial charge is 0.234 e. The summed E-state index contributed by atoms with van der Waals surface area (Å²) < 4.78 is 0. The number of carbonyl (C=O) groups is 1. The summed E-state index contributed by atoms with van der Waals surface area (Å²) in [5, 5.41) is 3.16. The molecule has 1 aliphatic carbocycles. The van der Waals surface area contributed by atoms with Crippen LogP contribution in [0, 0.1) is 12.8 Å². The molecule has 2 aliphatic rings. The number of para-hydroxylation sites is 1. The molecule has 0 atom stereocenters. The van der Waals surface area contributed by atoms with Crippen LogP contribution in [0.5, 0.6) is 0 Å². The Morgan fingerprint density at radius 1 is 1.08 bits per heavy atom. The van der Waals surface area contributed by atoms with Crippen LogP contribution in [0.25, 0.3) is 0 Å². The largest absolute Gasteiger partial charge is 0.369 e. The van der Waals surface area contributed by atoms with Crippen molar-refractivity contribution >= 4 is 11.6 Å². The van der Waals surface area contributed by atoms with E-state index in [0.717, 1.165) is 32.7 Å². The first-order valence-electron chi connectivity index (χ1n) is 9.52. The van der Waals surface area contributed by atoms with Crippen molar-refractivity contribution in [3.05, 3.63) is 29.8 Å². The molecule has 0 aromatic heterocycles. The number of benzene rings is 1. The van der Waals surface area contributed by atoms with Gasteiger partial charge in [0.05, 0.1) is 6.54 Å². The minimum atomic E-state index is 0.199. The second-order valence-corrected chi connectivity index (χ2v) is 7.36. The number of nitrogens with zero attached hydrogens (tertiary/aromatic N) is 2. The molecule has 24 heavy (non-hydrogen) atoms. The molecule has 4 nitrogen and oxygen atoms in total. The van der Waals surface area contributed by atoms with Gasteiger partial charge in [0.25, 0.3) is 0 Å². The maximum absolute atomic E-state index is 12.2. The van der Waals surface area contributed by atoms with Crippen molar-refractivity contribution in [1.29, 1.82) is 0 Å². The number of piperazine rings is 1. The number of anilines is 1. The van der Waals surface area contributed by atoms with Crippen LogP contribution < -0.4 is 10.2 Å². The normalized spacial score (nSPS) is 20.1. The molecular formula is C20H31N3O. The SMILES string of the molecule is Cc1ccccc1N1CCN(CC(=O)NCC2CCCCC2)CC1. The summed E-state index contributed by atoms with van der Waals surface area (Å²) in [6, 6.07) is 8.56. The third-order valence-corrected chi connectivity index (χ3v) is 5.51. The molecule has 2 fully saturated rings. The van der Waals surface area contributed by atoms with Crippen molar-refractivity contribution in [1.82, 2.24) is 10.2 Å². The Morgan fingerprint density at radius 2 is 1.79 bits per heavy atom. The van der Waals surface area contributed by atoms with Crippen LogP contribution in [-0.2, 0) is 4.79 Å². The molecule has 1 saturated carbocycles. The van der Waals surface area contributed by atoms with E-state index >= 15 is 0 Å². The molecule has 0 spiro atoms. The molecule has 1 heterocycles. The summed E-state index contributed by atoms with van der Waals surface area (Å²) in [7, 11) is 0. The Balaban J connectivity index is 1.38. The average molecular weight is 329 g/mol. The first kappa shape index (κ1) is 17.3. The minimum Gasteiger partial charge on any atom is -0.369 e. The highest BCUT2D eigenvalue weighted by Gasteiger charge is 2.20. The number of hydrogen-bond acceptors (Lipinski definition) is 3. The lowest BCUT2D eigenvalue weighted by molar-refractivity contribution is -0.122. The number of hydrogen-bond donors (Lipinski definition) is 1. The highest BCUT2D eigenvalue weighted by Crippen LogP contribution is 2.23. The predicted octanol–water partition coefficient (Wildman–Crippen LogP) is 2.81. The van der Waals surface area contributed by atoms with E-state index in [2.05, 4.69) is 46.3 Å². The summed E-state index contributed by atoms with van der Waals surface area (Å²) in [5.41, 5.74) is 2.66. The first-order chi connectivity index (χ1) is 11.7. The fraction of sp³-hybridized carbons (Fsp3) is 0.650. The van der Waals surface area contributed by atoms with Gasteiger partial charge in [0, 0.05) is 38.4 Å². The third-order valence-electron chi connectivity index (χ3n) is 5.51. The van der Waals surface area contributed by atoms with Gasteiger partial charge in [-0.15, -0.1) is 0 Å². The van der Waals surface area contributed by atoms with E-state index in [9.17, 15) is 4.79 Å². The Kier molecular flexibility index (Phi) is 6.13. The zero-order valence-electron chi connectivity index (χ0n) is 15.0. The van der Waals surface area contributed by atoms with E-state index < -0.39 is 0 Å². The minimum absolute atomic E-state index is 0.199. The van der Waals surface area contributed by atoms with Gasteiger partial charge in [0.15, 0.2) is 0 Å². The molecule has 1 aromatic rings. The van der Waals surface area contributed by atoms with Crippen molar-refractivity contribution in [3.8, 4) is 0 Å². The Hall–Kier alpha value is -1.55. The molecule has 1 N–H and O–H groups in total. The van der Waals surface area contributed by atoms with Gasteiger partial charge in [-0.05, 0) is 37.3 Å². The standard InChI is InChI=1S/C20H31N3O/c1-17-7-5-6-10-19(17)23-13-11-22(12-14-23)16-20(24)21-15-18-8-3-2-4-9-18/h5-7,10,18H,2-4,8-9,11-16H2,1H3,(H,21,24). The zero-order valence-corrected chi connectivity index (χ0v) is 15.0. The summed E-state index contributed by atoms with van der Waals surface area (Å²) in [6.45, 7) is 7.52. The maximum Gasteiger partial charge on any atom is 0.234 e. The molecule has 0 radical (unpaired) electrons. The summed E-state index contributed by atoms with van der Waals surface area (Å²) >= 11 is 0. The van der Waals surface area contributed by atoms with Crippen LogP contribution >= 0.6 is 0 Å². The fourth-order valence-corrected chi connectivity index (χ4v) is 3.97. The van der Waals surface area contributed by atoms with Gasteiger partial charge in [-0.2, -0.15) is 0 Å². The van der Waals surface area contributed by atoms with Gasteiger partial charge in [-0.3, -0.25) is 9.69 Å². The number of nitrogens with one attached hydrogen (secondary N) is 1. The van der Waals surface area contributed by atoms with Crippen molar-refractivity contribution < 1.29 is 4.79 Å². The number of amides is 1. The second kappa shape index (κ2) is 8.52. The van der Waals surface area contributed by atoms with E-state index in [1.165, 1.54) is 43.4 Å². The summed E-state index contributed by atoms with van der Waals surface area (Å²) in [6.07, 6.45) is 6.61. The van der Waals surface area contributed by atoms with Crippen LogP contribution in [0.2, 0.25) is 0 Å². The summed E-state index contributed by atoms with van der Waals surface area (Å²) in [5.74, 6) is 0.908. The quantitative estimate of drug-likeness (QED) is 0.902. The molecule has 0 unspecified atom stereocenters.